The van der Waals surface area contributed by atoms with Crippen molar-refractivity contribution in [2.24, 2.45) is 0 Å². The number of hydrogen-bond acceptors (Lipinski definition) is 1. The summed E-state index contributed by atoms with van der Waals surface area (Å²) in [6.45, 7) is 0. The van der Waals surface area contributed by atoms with E-state index in [4.69, 9.17) is 33.2 Å². The van der Waals surface area contributed by atoms with Gasteiger partial charge in [-0.2, -0.15) is 0 Å². The van der Waals surface area contributed by atoms with Crippen molar-refractivity contribution in [3.8, 4) is 0 Å². The lowest BCUT2D eigenvalue weighted by atomic mass is 10.4. The molecule has 0 N–H and O–H groups in total. The standard InChI is InChI=1S/C6H7Cl3SSi/c7-11(8,9)5-3-6-2-1-4-10-6/h1-2,4H,3,5H2. The Morgan fingerprint density at radius 3 is 2.55 bits per heavy atom. The number of halogens is 3. The summed E-state index contributed by atoms with van der Waals surface area (Å²) in [6, 6.07) is 2.41. The molecule has 0 saturated heterocycles. The molecule has 0 amide bonds. The van der Waals surface area contributed by atoms with E-state index in [0.717, 1.165) is 12.5 Å². The molecule has 0 atom stereocenters. The Hall–Kier alpha value is 0.787. The highest BCUT2D eigenvalue weighted by molar-refractivity contribution is 7.64. The molecule has 0 radical (unpaired) electrons. The zero-order valence-corrected chi connectivity index (χ0v) is 9.77. The first-order chi connectivity index (χ1) is 5.08. The molecular formula is C6H7Cl3SSi. The quantitative estimate of drug-likeness (QED) is 0.559. The smallest absolute Gasteiger partial charge is 0.149 e. The minimum atomic E-state index is -2.39. The second kappa shape index (κ2) is 4.15. The first kappa shape index (κ1) is 9.87. The largest absolute Gasteiger partial charge is 0.341 e. The van der Waals surface area contributed by atoms with Gasteiger partial charge in [0.25, 0.3) is 0 Å². The van der Waals surface area contributed by atoms with Gasteiger partial charge in [-0.3, -0.25) is 0 Å². The molecule has 0 fully saturated rings. The van der Waals surface area contributed by atoms with Crippen molar-refractivity contribution in [2.75, 3.05) is 0 Å². The average molecular weight is 246 g/mol. The highest BCUT2D eigenvalue weighted by atomic mass is 35.8. The Balaban J connectivity index is 2.35. The van der Waals surface area contributed by atoms with Crippen LogP contribution in [0, 0.1) is 0 Å². The molecule has 1 rings (SSSR count). The van der Waals surface area contributed by atoms with Gasteiger partial charge in [0, 0.05) is 4.88 Å². The van der Waals surface area contributed by atoms with E-state index in [1.807, 2.05) is 11.4 Å². The van der Waals surface area contributed by atoms with E-state index in [1.54, 1.807) is 11.3 Å². The average Bonchev–Trinajstić information content (AvgIpc) is 2.32. The number of rotatable bonds is 3. The lowest BCUT2D eigenvalue weighted by Crippen LogP contribution is -2.09. The molecule has 0 unspecified atom stereocenters. The lowest BCUT2D eigenvalue weighted by molar-refractivity contribution is 1.17. The van der Waals surface area contributed by atoms with Gasteiger partial charge >= 0.3 is 6.00 Å². The van der Waals surface area contributed by atoms with Crippen LogP contribution in [0.25, 0.3) is 0 Å². The molecule has 1 aromatic rings. The van der Waals surface area contributed by atoms with Gasteiger partial charge in [-0.15, -0.1) is 44.6 Å². The SMILES string of the molecule is Cl[Si](Cl)(Cl)CCc1cccs1. The summed E-state index contributed by atoms with van der Waals surface area (Å²) in [5.74, 6) is 0. The Labute approximate surface area is 85.2 Å². The van der Waals surface area contributed by atoms with Crippen molar-refractivity contribution >= 4 is 50.6 Å². The first-order valence-electron chi connectivity index (χ1n) is 3.17. The molecule has 0 spiro atoms. The maximum absolute atomic E-state index is 5.72. The lowest BCUT2D eigenvalue weighted by Gasteiger charge is -2.04. The van der Waals surface area contributed by atoms with Crippen molar-refractivity contribution < 1.29 is 0 Å². The third-order valence-corrected chi connectivity index (χ3v) is 4.69. The van der Waals surface area contributed by atoms with Crippen LogP contribution in [0.3, 0.4) is 0 Å². The molecule has 1 heterocycles. The Bertz CT molecular complexity index is 204. The van der Waals surface area contributed by atoms with E-state index in [1.165, 1.54) is 4.88 Å². The van der Waals surface area contributed by atoms with Crippen molar-refractivity contribution in [3.63, 3.8) is 0 Å². The highest BCUT2D eigenvalue weighted by Crippen LogP contribution is 2.27. The minimum Gasteiger partial charge on any atom is -0.149 e. The Morgan fingerprint density at radius 1 is 1.36 bits per heavy atom. The number of thiophene rings is 1. The topological polar surface area (TPSA) is 0 Å². The summed E-state index contributed by atoms with van der Waals surface area (Å²) in [5, 5.41) is 2.04. The maximum atomic E-state index is 5.72. The predicted molar refractivity (Wildman–Crippen MR) is 56.1 cm³/mol. The second-order valence-corrected chi connectivity index (χ2v) is 12.5. The van der Waals surface area contributed by atoms with Crippen LogP contribution in [0.5, 0.6) is 0 Å². The monoisotopic (exact) mass is 244 g/mol. The van der Waals surface area contributed by atoms with Crippen molar-refractivity contribution in [2.45, 2.75) is 12.5 Å². The van der Waals surface area contributed by atoms with Gasteiger partial charge in [-0.25, -0.2) is 0 Å². The summed E-state index contributed by atoms with van der Waals surface area (Å²) >= 11 is 18.9. The maximum Gasteiger partial charge on any atom is 0.341 e. The Kier molecular flexibility index (Phi) is 3.72. The fourth-order valence-electron chi connectivity index (χ4n) is 0.720. The molecular weight excluding hydrogens is 239 g/mol. The van der Waals surface area contributed by atoms with Crippen molar-refractivity contribution in [3.05, 3.63) is 22.4 Å². The first-order valence-corrected chi connectivity index (χ1v) is 9.29. The van der Waals surface area contributed by atoms with Crippen LogP contribution in [0.4, 0.5) is 0 Å². The summed E-state index contributed by atoms with van der Waals surface area (Å²) < 4.78 is 0. The van der Waals surface area contributed by atoms with Crippen LogP contribution in [0.2, 0.25) is 6.04 Å². The number of hydrogen-bond donors (Lipinski definition) is 0. The van der Waals surface area contributed by atoms with Crippen LogP contribution in [0.1, 0.15) is 4.88 Å². The summed E-state index contributed by atoms with van der Waals surface area (Å²) in [6.07, 6.45) is 0.903. The molecule has 62 valence electrons. The van der Waals surface area contributed by atoms with Gasteiger partial charge < -0.3 is 0 Å². The predicted octanol–water partition coefficient (Wildman–Crippen LogP) is 3.95. The zero-order chi connectivity index (χ0) is 8.32. The molecule has 0 saturated carbocycles. The molecule has 5 heteroatoms. The van der Waals surface area contributed by atoms with Crippen LogP contribution < -0.4 is 0 Å². The summed E-state index contributed by atoms with van der Waals surface area (Å²) in [5.41, 5.74) is 0. The molecule has 11 heavy (non-hydrogen) atoms. The molecule has 0 aliphatic carbocycles. The molecule has 1 aromatic heterocycles. The third-order valence-electron chi connectivity index (χ3n) is 1.23. The summed E-state index contributed by atoms with van der Waals surface area (Å²) in [7, 11) is 0. The minimum absolute atomic E-state index is 0.720. The normalized spacial score (nSPS) is 11.9. The second-order valence-electron chi connectivity index (χ2n) is 2.19. The zero-order valence-electron chi connectivity index (χ0n) is 5.69. The molecule has 0 aromatic carbocycles. The van der Waals surface area contributed by atoms with Gasteiger partial charge in [0.15, 0.2) is 0 Å². The van der Waals surface area contributed by atoms with E-state index >= 15 is 0 Å². The molecule has 0 aliphatic rings. The van der Waals surface area contributed by atoms with Gasteiger partial charge in [-0.1, -0.05) is 6.07 Å². The van der Waals surface area contributed by atoms with E-state index < -0.39 is 6.00 Å². The van der Waals surface area contributed by atoms with Gasteiger partial charge in [0.2, 0.25) is 0 Å². The van der Waals surface area contributed by atoms with Crippen LogP contribution in [-0.4, -0.2) is 6.00 Å². The fourth-order valence-corrected chi connectivity index (χ4v) is 3.01. The van der Waals surface area contributed by atoms with Crippen LogP contribution in [-0.2, 0) is 6.42 Å². The van der Waals surface area contributed by atoms with Crippen LogP contribution in [0.15, 0.2) is 17.5 Å². The van der Waals surface area contributed by atoms with Gasteiger partial charge in [-0.05, 0) is 23.9 Å². The van der Waals surface area contributed by atoms with E-state index in [0.29, 0.717) is 0 Å². The highest BCUT2D eigenvalue weighted by Gasteiger charge is 2.24. The molecule has 0 aliphatic heterocycles. The van der Waals surface area contributed by atoms with E-state index in [-0.39, 0.29) is 0 Å². The van der Waals surface area contributed by atoms with E-state index in [2.05, 4.69) is 6.07 Å². The summed E-state index contributed by atoms with van der Waals surface area (Å²) in [4.78, 5) is 1.30. The van der Waals surface area contributed by atoms with Gasteiger partial charge in [0.05, 0.1) is 0 Å². The van der Waals surface area contributed by atoms with Crippen LogP contribution >= 0.6 is 44.6 Å². The fraction of sp³-hybridized carbons (Fsp3) is 0.333. The molecule has 0 bridgehead atoms. The third kappa shape index (κ3) is 4.38. The van der Waals surface area contributed by atoms with Crippen molar-refractivity contribution in [1.82, 2.24) is 0 Å². The molecule has 0 nitrogen and oxygen atoms in total. The Morgan fingerprint density at radius 2 is 2.09 bits per heavy atom. The van der Waals surface area contributed by atoms with E-state index in [9.17, 15) is 0 Å². The van der Waals surface area contributed by atoms with Gasteiger partial charge in [0.1, 0.15) is 0 Å². The number of aryl methyl sites for hydroxylation is 1. The van der Waals surface area contributed by atoms with Crippen molar-refractivity contribution in [1.29, 1.82) is 0 Å².